The van der Waals surface area contributed by atoms with Crippen molar-refractivity contribution in [3.63, 3.8) is 0 Å². The second-order valence-corrected chi connectivity index (χ2v) is 8.47. The molecular formula is C21H27N2O2+. The first-order chi connectivity index (χ1) is 12.0. The van der Waals surface area contributed by atoms with Crippen molar-refractivity contribution in [2.45, 2.75) is 31.8 Å². The molecule has 0 unspecified atom stereocenters. The Kier molecular flexibility index (Phi) is 3.03. The third-order valence-electron chi connectivity index (χ3n) is 7.61. The molecule has 2 aromatic rings. The molecule has 132 valence electrons. The molecule has 6 rings (SSSR count). The number of benzene rings is 1. The highest BCUT2D eigenvalue weighted by Gasteiger charge is 2.61. The highest BCUT2D eigenvalue weighted by Crippen LogP contribution is 2.58. The van der Waals surface area contributed by atoms with Gasteiger partial charge in [-0.3, -0.25) is 0 Å². The number of phenolic OH excluding ortho intramolecular Hbond substituents is 1. The average Bonchev–Trinajstić information content (AvgIpc) is 2.85. The molecule has 0 radical (unpaired) electrons. The highest BCUT2D eigenvalue weighted by atomic mass is 16.3. The molecular weight excluding hydrogens is 312 g/mol. The van der Waals surface area contributed by atoms with E-state index in [1.165, 1.54) is 27.7 Å². The first kappa shape index (κ1) is 15.5. The van der Waals surface area contributed by atoms with E-state index in [-0.39, 0.29) is 6.61 Å². The summed E-state index contributed by atoms with van der Waals surface area (Å²) < 4.78 is 3.39. The van der Waals surface area contributed by atoms with Gasteiger partial charge < -0.3 is 19.3 Å². The van der Waals surface area contributed by atoms with Crippen LogP contribution in [0.3, 0.4) is 0 Å². The van der Waals surface area contributed by atoms with Crippen LogP contribution in [-0.2, 0) is 13.5 Å². The number of quaternary nitrogens is 1. The summed E-state index contributed by atoms with van der Waals surface area (Å²) in [5.41, 5.74) is 5.61. The molecule has 4 aliphatic rings. The molecule has 0 saturated carbocycles. The van der Waals surface area contributed by atoms with Crippen LogP contribution >= 0.6 is 0 Å². The van der Waals surface area contributed by atoms with Crippen LogP contribution in [0.25, 0.3) is 10.9 Å². The Morgan fingerprint density at radius 1 is 1.36 bits per heavy atom. The van der Waals surface area contributed by atoms with Gasteiger partial charge >= 0.3 is 0 Å². The molecule has 4 heteroatoms. The number of phenols is 1. The van der Waals surface area contributed by atoms with E-state index in [1.54, 1.807) is 6.07 Å². The first-order valence-electron chi connectivity index (χ1n) is 9.40. The topological polar surface area (TPSA) is 45.4 Å². The number of allylic oxidation sites excluding steroid dienone is 1. The number of nitrogens with zero attached hydrogens (tertiary/aromatic N) is 2. The van der Waals surface area contributed by atoms with Crippen LogP contribution in [0.5, 0.6) is 5.75 Å². The van der Waals surface area contributed by atoms with E-state index < -0.39 is 0 Å². The quantitative estimate of drug-likeness (QED) is 0.620. The third kappa shape index (κ3) is 1.74. The highest BCUT2D eigenvalue weighted by molar-refractivity contribution is 5.87. The maximum atomic E-state index is 10.2. The van der Waals surface area contributed by atoms with Crippen LogP contribution in [0.4, 0.5) is 0 Å². The van der Waals surface area contributed by atoms with Crippen molar-refractivity contribution in [3.05, 3.63) is 41.1 Å². The number of rotatable bonds is 1. The number of likely N-dealkylation sites (N-methyl/N-ethyl adjacent to an activating group) is 1. The van der Waals surface area contributed by atoms with Crippen LogP contribution in [0.15, 0.2) is 29.8 Å². The zero-order valence-corrected chi connectivity index (χ0v) is 15.2. The van der Waals surface area contributed by atoms with Crippen molar-refractivity contribution in [3.8, 4) is 5.75 Å². The van der Waals surface area contributed by atoms with Crippen LogP contribution in [0, 0.1) is 11.8 Å². The van der Waals surface area contributed by atoms with Gasteiger partial charge in [0, 0.05) is 42.6 Å². The number of aryl methyl sites for hydroxylation is 1. The van der Waals surface area contributed by atoms with Gasteiger partial charge in [0.1, 0.15) is 18.3 Å². The molecule has 0 aliphatic carbocycles. The summed E-state index contributed by atoms with van der Waals surface area (Å²) in [6.45, 7) is 3.54. The van der Waals surface area contributed by atoms with Crippen molar-refractivity contribution in [2.75, 3.05) is 20.2 Å². The predicted molar refractivity (Wildman–Crippen MR) is 98.3 cm³/mol. The lowest BCUT2D eigenvalue weighted by Gasteiger charge is -2.63. The zero-order chi connectivity index (χ0) is 17.5. The molecule has 2 N–H and O–H groups in total. The average molecular weight is 339 g/mol. The van der Waals surface area contributed by atoms with Crippen molar-refractivity contribution in [1.82, 2.24) is 4.57 Å². The lowest BCUT2D eigenvalue weighted by molar-refractivity contribution is -0.978. The Bertz CT molecular complexity index is 912. The number of piperidine rings is 3. The van der Waals surface area contributed by atoms with E-state index in [9.17, 15) is 10.2 Å². The molecule has 4 aliphatic heterocycles. The van der Waals surface area contributed by atoms with Gasteiger partial charge in [-0.25, -0.2) is 0 Å². The number of aromatic nitrogens is 1. The Balaban J connectivity index is 1.77. The van der Waals surface area contributed by atoms with Gasteiger partial charge in [0.15, 0.2) is 0 Å². The van der Waals surface area contributed by atoms with Gasteiger partial charge in [-0.1, -0.05) is 6.08 Å². The van der Waals surface area contributed by atoms with Gasteiger partial charge in [-0.05, 0) is 36.3 Å². The number of hydrogen-bond acceptors (Lipinski definition) is 2. The van der Waals surface area contributed by atoms with E-state index in [1.807, 2.05) is 12.1 Å². The van der Waals surface area contributed by atoms with Crippen LogP contribution in [0.1, 0.15) is 30.6 Å². The van der Waals surface area contributed by atoms with Gasteiger partial charge in [-0.2, -0.15) is 0 Å². The lowest BCUT2D eigenvalue weighted by atomic mass is 9.62. The van der Waals surface area contributed by atoms with Crippen molar-refractivity contribution in [2.24, 2.45) is 18.9 Å². The number of aliphatic hydroxyl groups is 1. The Hall–Kier alpha value is -1.78. The summed E-state index contributed by atoms with van der Waals surface area (Å²) in [4.78, 5) is 0. The normalized spacial score (nSPS) is 37.7. The van der Waals surface area contributed by atoms with E-state index >= 15 is 0 Å². The van der Waals surface area contributed by atoms with E-state index in [0.717, 1.165) is 23.9 Å². The molecule has 0 amide bonds. The summed E-state index contributed by atoms with van der Waals surface area (Å²) in [6.07, 6.45) is 4.42. The second kappa shape index (κ2) is 4.89. The van der Waals surface area contributed by atoms with Gasteiger partial charge in [0.25, 0.3) is 0 Å². The summed E-state index contributed by atoms with van der Waals surface area (Å²) in [5.74, 6) is 1.21. The first-order valence-corrected chi connectivity index (χ1v) is 9.40. The van der Waals surface area contributed by atoms with Crippen LogP contribution in [-0.4, -0.2) is 45.5 Å². The fourth-order valence-electron chi connectivity index (χ4n) is 6.44. The molecule has 1 aromatic carbocycles. The molecule has 5 heterocycles. The molecule has 3 fully saturated rings. The fraction of sp³-hybridized carbons (Fsp3) is 0.524. The van der Waals surface area contributed by atoms with Crippen LogP contribution < -0.4 is 0 Å². The number of fused-ring (bicyclic) bond motifs is 4. The molecule has 3 saturated heterocycles. The Morgan fingerprint density at radius 2 is 2.16 bits per heavy atom. The van der Waals surface area contributed by atoms with Crippen molar-refractivity contribution < 1.29 is 14.7 Å². The molecule has 4 bridgehead atoms. The summed E-state index contributed by atoms with van der Waals surface area (Å²) in [7, 11) is 4.57. The maximum Gasteiger partial charge on any atom is 0.131 e. The summed E-state index contributed by atoms with van der Waals surface area (Å²) >= 11 is 0. The predicted octanol–water partition coefficient (Wildman–Crippen LogP) is 2.88. The maximum absolute atomic E-state index is 10.2. The monoisotopic (exact) mass is 339 g/mol. The Labute approximate surface area is 148 Å². The van der Waals surface area contributed by atoms with E-state index in [0.29, 0.717) is 29.7 Å². The van der Waals surface area contributed by atoms with Crippen LogP contribution in [0.2, 0.25) is 0 Å². The molecule has 25 heavy (non-hydrogen) atoms. The summed E-state index contributed by atoms with van der Waals surface area (Å²) in [5, 5.41) is 21.4. The minimum atomic E-state index is 0.276. The number of aromatic hydroxyl groups is 1. The van der Waals surface area contributed by atoms with E-state index in [4.69, 9.17) is 0 Å². The largest absolute Gasteiger partial charge is 0.508 e. The number of aliphatic hydroxyl groups excluding tert-OH is 1. The zero-order valence-electron chi connectivity index (χ0n) is 15.2. The third-order valence-corrected chi connectivity index (χ3v) is 7.61. The lowest BCUT2D eigenvalue weighted by Crippen LogP contribution is -2.70. The number of hydrogen-bond donors (Lipinski definition) is 2. The Morgan fingerprint density at radius 3 is 2.88 bits per heavy atom. The standard InChI is InChI=1S/C21H26N2O2/c1-4-12-10-23(3)19-9-16-15-7-13(25)5-6-18(15)22(2)21(16)20(23)8-14(12)17(19)11-24/h4-7,14,17,19-20,24H,8-11H2,1-3H3/p+1/b12-4-/t14-,17+,19-,20-,23+/m0/s1. The van der Waals surface area contributed by atoms with Crippen molar-refractivity contribution >= 4 is 10.9 Å². The fourth-order valence-corrected chi connectivity index (χ4v) is 6.44. The SMILES string of the molecule is C/C=C1/C[N@@+]2(C)[C@H]3C[C@@H]1[C@@H](CO)[C@@H]2Cc1c3n(C)c2ccc(O)cc12. The molecule has 4 nitrogen and oxygen atoms in total. The second-order valence-electron chi connectivity index (χ2n) is 8.47. The van der Waals surface area contributed by atoms with Crippen molar-refractivity contribution in [1.29, 1.82) is 0 Å². The minimum Gasteiger partial charge on any atom is -0.508 e. The molecule has 1 aromatic heterocycles. The molecule has 5 atom stereocenters. The van der Waals surface area contributed by atoms with Gasteiger partial charge in [0.05, 0.1) is 25.4 Å². The smallest absolute Gasteiger partial charge is 0.131 e. The summed E-state index contributed by atoms with van der Waals surface area (Å²) in [6, 6.07) is 6.72. The van der Waals surface area contributed by atoms with Gasteiger partial charge in [0.2, 0.25) is 0 Å². The van der Waals surface area contributed by atoms with E-state index in [2.05, 4.69) is 31.7 Å². The minimum absolute atomic E-state index is 0.276. The molecule has 0 spiro atoms. The van der Waals surface area contributed by atoms with Gasteiger partial charge in [-0.15, -0.1) is 0 Å².